The molecular formula is C15H25N3O2. The second-order valence-corrected chi connectivity index (χ2v) is 6.38. The quantitative estimate of drug-likeness (QED) is 0.774. The lowest BCUT2D eigenvalue weighted by Gasteiger charge is -2.27. The summed E-state index contributed by atoms with van der Waals surface area (Å²) in [5.74, 6) is -0.0716. The molecule has 0 aromatic carbocycles. The van der Waals surface area contributed by atoms with Crippen LogP contribution in [0.3, 0.4) is 0 Å². The van der Waals surface area contributed by atoms with Crippen LogP contribution < -0.4 is 0 Å². The van der Waals surface area contributed by atoms with Crippen molar-refractivity contribution in [2.75, 3.05) is 13.1 Å². The van der Waals surface area contributed by atoms with Crippen molar-refractivity contribution in [2.24, 2.45) is 0 Å². The highest BCUT2D eigenvalue weighted by Gasteiger charge is 2.33. The summed E-state index contributed by atoms with van der Waals surface area (Å²) in [7, 11) is 0. The number of carbonyl (C=O) groups is 1. The number of esters is 1. The van der Waals surface area contributed by atoms with Gasteiger partial charge >= 0.3 is 5.97 Å². The maximum atomic E-state index is 12.2. The van der Waals surface area contributed by atoms with E-state index in [1.807, 2.05) is 33.3 Å². The Bertz CT molecular complexity index is 423. The minimum absolute atomic E-state index is 0.0583. The maximum Gasteiger partial charge on any atom is 0.323 e. The van der Waals surface area contributed by atoms with Gasteiger partial charge in [0.15, 0.2) is 0 Å². The summed E-state index contributed by atoms with van der Waals surface area (Å²) in [6.07, 6.45) is 8.61. The summed E-state index contributed by atoms with van der Waals surface area (Å²) in [4.78, 5) is 18.5. The van der Waals surface area contributed by atoms with E-state index in [4.69, 9.17) is 4.74 Å². The third-order valence-electron chi connectivity index (χ3n) is 3.46. The third-order valence-corrected chi connectivity index (χ3v) is 3.46. The number of hydrogen-bond donors (Lipinski definition) is 0. The van der Waals surface area contributed by atoms with Crippen LogP contribution in [0.4, 0.5) is 0 Å². The summed E-state index contributed by atoms with van der Waals surface area (Å²) in [5.41, 5.74) is -0.401. The molecule has 0 N–H and O–H groups in total. The Morgan fingerprint density at radius 3 is 2.85 bits per heavy atom. The number of imidazole rings is 1. The number of likely N-dealkylation sites (tertiary alicyclic amines) is 1. The molecule has 1 aromatic rings. The monoisotopic (exact) mass is 279 g/mol. The molecular weight excluding hydrogens is 254 g/mol. The van der Waals surface area contributed by atoms with Crippen molar-refractivity contribution in [3.8, 4) is 0 Å². The van der Waals surface area contributed by atoms with Gasteiger partial charge in [-0.15, -0.1) is 0 Å². The second kappa shape index (κ2) is 6.39. The summed E-state index contributed by atoms with van der Waals surface area (Å²) in [5, 5.41) is 0. The first-order valence-electron chi connectivity index (χ1n) is 7.38. The number of carbonyl (C=O) groups excluding carboxylic acids is 1. The fourth-order valence-electron chi connectivity index (χ4n) is 2.61. The lowest BCUT2D eigenvalue weighted by molar-refractivity contribution is -0.160. The molecule has 2 heterocycles. The van der Waals surface area contributed by atoms with E-state index in [9.17, 15) is 4.79 Å². The van der Waals surface area contributed by atoms with Gasteiger partial charge in [-0.05, 0) is 46.6 Å². The molecule has 5 heteroatoms. The number of aromatic nitrogens is 2. The molecule has 1 fully saturated rings. The summed E-state index contributed by atoms with van der Waals surface area (Å²) >= 11 is 0. The predicted octanol–water partition coefficient (Wildman–Crippen LogP) is 2.08. The van der Waals surface area contributed by atoms with E-state index in [-0.39, 0.29) is 12.0 Å². The summed E-state index contributed by atoms with van der Waals surface area (Å²) in [6, 6.07) is -0.0583. The first-order chi connectivity index (χ1) is 9.46. The standard InChI is InChI=1S/C15H25N3O2/c1-15(2,3)20-14(19)13-6-4-9-18(13)10-5-8-17-11-7-16-12-17/h7,11-13H,4-6,8-10H2,1-3H3/t13-/m0/s1. The molecule has 0 radical (unpaired) electrons. The first-order valence-corrected chi connectivity index (χ1v) is 7.38. The van der Waals surface area contributed by atoms with E-state index in [0.29, 0.717) is 0 Å². The predicted molar refractivity (Wildman–Crippen MR) is 77.3 cm³/mol. The molecule has 1 aromatic heterocycles. The van der Waals surface area contributed by atoms with E-state index in [2.05, 4.69) is 14.5 Å². The van der Waals surface area contributed by atoms with Crippen molar-refractivity contribution in [1.29, 1.82) is 0 Å². The van der Waals surface area contributed by atoms with Gasteiger partial charge < -0.3 is 9.30 Å². The summed E-state index contributed by atoms with van der Waals surface area (Å²) in [6.45, 7) is 8.63. The molecule has 1 aliphatic rings. The van der Waals surface area contributed by atoms with Gasteiger partial charge in [-0.3, -0.25) is 9.69 Å². The molecule has 20 heavy (non-hydrogen) atoms. The van der Waals surface area contributed by atoms with Crippen molar-refractivity contribution < 1.29 is 9.53 Å². The Morgan fingerprint density at radius 1 is 1.40 bits per heavy atom. The average Bonchev–Trinajstić information content (AvgIpc) is 2.97. The zero-order chi connectivity index (χ0) is 14.6. The van der Waals surface area contributed by atoms with Crippen LogP contribution in [-0.4, -0.2) is 45.2 Å². The van der Waals surface area contributed by atoms with Crippen molar-refractivity contribution in [1.82, 2.24) is 14.5 Å². The highest BCUT2D eigenvalue weighted by molar-refractivity contribution is 5.76. The number of nitrogens with zero attached hydrogens (tertiary/aromatic N) is 3. The van der Waals surface area contributed by atoms with E-state index in [0.717, 1.165) is 38.9 Å². The Labute approximate surface area is 120 Å². The fraction of sp³-hybridized carbons (Fsp3) is 0.733. The van der Waals surface area contributed by atoms with Crippen LogP contribution in [0.25, 0.3) is 0 Å². The zero-order valence-electron chi connectivity index (χ0n) is 12.7. The third kappa shape index (κ3) is 4.34. The Hall–Kier alpha value is -1.36. The van der Waals surface area contributed by atoms with Crippen LogP contribution >= 0.6 is 0 Å². The van der Waals surface area contributed by atoms with E-state index >= 15 is 0 Å². The lowest BCUT2D eigenvalue weighted by Crippen LogP contribution is -2.41. The van der Waals surface area contributed by atoms with Crippen LogP contribution in [0.1, 0.15) is 40.0 Å². The van der Waals surface area contributed by atoms with Crippen molar-refractivity contribution in [2.45, 2.75) is 58.2 Å². The molecule has 0 spiro atoms. The average molecular weight is 279 g/mol. The Kier molecular flexibility index (Phi) is 4.81. The number of ether oxygens (including phenoxy) is 1. The number of rotatable bonds is 5. The van der Waals surface area contributed by atoms with Crippen molar-refractivity contribution in [3.05, 3.63) is 18.7 Å². The van der Waals surface area contributed by atoms with E-state index in [1.54, 1.807) is 6.20 Å². The number of aryl methyl sites for hydroxylation is 1. The van der Waals surface area contributed by atoms with Gasteiger partial charge in [-0.1, -0.05) is 0 Å². The molecule has 1 saturated heterocycles. The molecule has 112 valence electrons. The topological polar surface area (TPSA) is 47.4 Å². The molecule has 0 amide bonds. The SMILES string of the molecule is CC(C)(C)OC(=O)[C@@H]1CCCN1CCCn1ccnc1. The molecule has 0 unspecified atom stereocenters. The van der Waals surface area contributed by atoms with Crippen molar-refractivity contribution in [3.63, 3.8) is 0 Å². The van der Waals surface area contributed by atoms with Crippen LogP contribution in [0.15, 0.2) is 18.7 Å². The van der Waals surface area contributed by atoms with Gasteiger partial charge in [0, 0.05) is 25.5 Å². The van der Waals surface area contributed by atoms with Gasteiger partial charge in [0.05, 0.1) is 6.33 Å². The van der Waals surface area contributed by atoms with Gasteiger partial charge in [-0.2, -0.15) is 0 Å². The van der Waals surface area contributed by atoms with Gasteiger partial charge in [-0.25, -0.2) is 4.98 Å². The van der Waals surface area contributed by atoms with Crippen LogP contribution in [0, 0.1) is 0 Å². The van der Waals surface area contributed by atoms with Crippen molar-refractivity contribution >= 4 is 5.97 Å². The molecule has 1 atom stereocenters. The molecule has 1 aliphatic heterocycles. The normalized spacial score (nSPS) is 20.2. The minimum Gasteiger partial charge on any atom is -0.459 e. The summed E-state index contributed by atoms with van der Waals surface area (Å²) < 4.78 is 7.58. The first kappa shape index (κ1) is 15.0. The van der Waals surface area contributed by atoms with Gasteiger partial charge in [0.25, 0.3) is 0 Å². The van der Waals surface area contributed by atoms with Crippen LogP contribution in [0.2, 0.25) is 0 Å². The van der Waals surface area contributed by atoms with Gasteiger partial charge in [0.1, 0.15) is 11.6 Å². The zero-order valence-corrected chi connectivity index (χ0v) is 12.7. The maximum absolute atomic E-state index is 12.2. The smallest absolute Gasteiger partial charge is 0.323 e. The molecule has 0 aliphatic carbocycles. The highest BCUT2D eigenvalue weighted by Crippen LogP contribution is 2.21. The van der Waals surface area contributed by atoms with Crippen LogP contribution in [-0.2, 0) is 16.1 Å². The van der Waals surface area contributed by atoms with E-state index < -0.39 is 5.60 Å². The fourth-order valence-corrected chi connectivity index (χ4v) is 2.61. The van der Waals surface area contributed by atoms with Gasteiger partial charge in [0.2, 0.25) is 0 Å². The second-order valence-electron chi connectivity index (χ2n) is 6.38. The minimum atomic E-state index is -0.401. The molecule has 5 nitrogen and oxygen atoms in total. The van der Waals surface area contributed by atoms with E-state index in [1.165, 1.54) is 0 Å². The Balaban J connectivity index is 1.79. The largest absolute Gasteiger partial charge is 0.459 e. The number of hydrogen-bond acceptors (Lipinski definition) is 4. The lowest BCUT2D eigenvalue weighted by atomic mass is 10.1. The highest BCUT2D eigenvalue weighted by atomic mass is 16.6. The van der Waals surface area contributed by atoms with Crippen LogP contribution in [0.5, 0.6) is 0 Å². The molecule has 0 bridgehead atoms. The Morgan fingerprint density at radius 2 is 2.20 bits per heavy atom. The molecule has 0 saturated carbocycles. The molecule has 2 rings (SSSR count).